The van der Waals surface area contributed by atoms with E-state index in [2.05, 4.69) is 0 Å². The molecule has 37 heavy (non-hydrogen) atoms. The number of rotatable bonds is 8. The number of hydrogen-bond acceptors (Lipinski definition) is 7. The maximum absolute atomic E-state index is 13.6. The molecule has 2 heterocycles. The Balaban J connectivity index is 1.53. The molecule has 1 amide bonds. The van der Waals surface area contributed by atoms with Crippen molar-refractivity contribution in [2.75, 3.05) is 13.2 Å². The van der Waals surface area contributed by atoms with Crippen molar-refractivity contribution in [1.82, 2.24) is 4.90 Å². The predicted octanol–water partition coefficient (Wildman–Crippen LogP) is 5.32. The van der Waals surface area contributed by atoms with Gasteiger partial charge in [0.2, 0.25) is 5.76 Å². The Bertz CT molecular complexity index is 1260. The van der Waals surface area contributed by atoms with Crippen LogP contribution in [0.25, 0.3) is 11.0 Å². The standard InChI is InChI=1S/C29H33NO7/c1-5-34-27(32)25-17-21-15-20(11-12-23(21)36-25)16-22(31)26-24(35-18-19-9-7-6-8-10-19)13-14-30(26)28(33)37-29(2,3)4/h6-12,15,17,24,26H,5,13-14,16,18H2,1-4H3/t24-,26+/m0/s1. The molecule has 1 fully saturated rings. The SMILES string of the molecule is CCOC(=O)c1cc2cc(CC(=O)[C@@H]3[C@@H](OCc4ccccc4)CCN3C(=O)OC(C)(C)C)ccc2o1. The summed E-state index contributed by atoms with van der Waals surface area (Å²) in [7, 11) is 0. The van der Waals surface area contributed by atoms with Crippen LogP contribution < -0.4 is 0 Å². The Kier molecular flexibility index (Phi) is 7.97. The molecule has 1 aliphatic heterocycles. The van der Waals surface area contributed by atoms with E-state index >= 15 is 0 Å². The second kappa shape index (κ2) is 11.2. The lowest BCUT2D eigenvalue weighted by molar-refractivity contribution is -0.126. The average molecular weight is 508 g/mol. The van der Waals surface area contributed by atoms with Gasteiger partial charge in [-0.3, -0.25) is 9.69 Å². The summed E-state index contributed by atoms with van der Waals surface area (Å²) < 4.78 is 22.3. The molecule has 0 N–H and O–H groups in total. The maximum Gasteiger partial charge on any atom is 0.410 e. The highest BCUT2D eigenvalue weighted by Gasteiger charge is 2.43. The monoisotopic (exact) mass is 507 g/mol. The van der Waals surface area contributed by atoms with Gasteiger partial charge in [-0.05, 0) is 63.4 Å². The minimum atomic E-state index is -0.770. The Morgan fingerprint density at radius 2 is 1.78 bits per heavy atom. The molecule has 0 unspecified atom stereocenters. The van der Waals surface area contributed by atoms with Crippen molar-refractivity contribution < 1.29 is 33.0 Å². The fourth-order valence-electron chi connectivity index (χ4n) is 4.43. The third-order valence-electron chi connectivity index (χ3n) is 6.04. The summed E-state index contributed by atoms with van der Waals surface area (Å²) in [5.41, 5.74) is 1.58. The second-order valence-corrected chi connectivity index (χ2v) is 10.1. The van der Waals surface area contributed by atoms with Crippen LogP contribution in [0.3, 0.4) is 0 Å². The number of amides is 1. The maximum atomic E-state index is 13.6. The quantitative estimate of drug-likeness (QED) is 0.381. The minimum Gasteiger partial charge on any atom is -0.460 e. The first kappa shape index (κ1) is 26.4. The first-order valence-corrected chi connectivity index (χ1v) is 12.5. The summed E-state index contributed by atoms with van der Waals surface area (Å²) in [6.45, 7) is 8.08. The number of ether oxygens (including phenoxy) is 3. The fraction of sp³-hybridized carbons (Fsp3) is 0.414. The number of ketones is 1. The largest absolute Gasteiger partial charge is 0.460 e. The predicted molar refractivity (Wildman–Crippen MR) is 137 cm³/mol. The molecule has 0 saturated carbocycles. The van der Waals surface area contributed by atoms with Crippen LogP contribution in [0.5, 0.6) is 0 Å². The Morgan fingerprint density at radius 3 is 2.49 bits per heavy atom. The van der Waals surface area contributed by atoms with Gasteiger partial charge in [0.25, 0.3) is 0 Å². The molecule has 1 saturated heterocycles. The number of carbonyl (C=O) groups excluding carboxylic acids is 3. The number of furan rings is 1. The van der Waals surface area contributed by atoms with E-state index in [1.165, 1.54) is 4.90 Å². The van der Waals surface area contributed by atoms with Crippen LogP contribution in [0.4, 0.5) is 4.79 Å². The highest BCUT2D eigenvalue weighted by molar-refractivity contribution is 5.94. The van der Waals surface area contributed by atoms with Gasteiger partial charge in [0, 0.05) is 18.4 Å². The molecule has 0 aliphatic carbocycles. The summed E-state index contributed by atoms with van der Waals surface area (Å²) in [5.74, 6) is -0.565. The lowest BCUT2D eigenvalue weighted by atomic mass is 9.99. The summed E-state index contributed by atoms with van der Waals surface area (Å²) in [4.78, 5) is 40.1. The van der Waals surface area contributed by atoms with E-state index in [0.29, 0.717) is 30.5 Å². The Morgan fingerprint density at radius 1 is 1.03 bits per heavy atom. The molecule has 0 radical (unpaired) electrons. The van der Waals surface area contributed by atoms with Crippen molar-refractivity contribution in [3.05, 3.63) is 71.5 Å². The van der Waals surface area contributed by atoms with Crippen LogP contribution >= 0.6 is 0 Å². The molecule has 8 nitrogen and oxygen atoms in total. The highest BCUT2D eigenvalue weighted by atomic mass is 16.6. The number of carbonyl (C=O) groups is 3. The Hall–Kier alpha value is -3.65. The number of esters is 1. The molecule has 1 aromatic heterocycles. The molecule has 2 aromatic carbocycles. The number of fused-ring (bicyclic) bond motifs is 1. The zero-order chi connectivity index (χ0) is 26.6. The number of Topliss-reactive ketones (excluding diaryl/α,β-unsaturated/α-hetero) is 1. The van der Waals surface area contributed by atoms with Crippen LogP contribution in [0, 0.1) is 0 Å². The van der Waals surface area contributed by atoms with Crippen LogP contribution in [0.2, 0.25) is 0 Å². The van der Waals surface area contributed by atoms with E-state index in [1.807, 2.05) is 36.4 Å². The normalized spacial score (nSPS) is 17.7. The zero-order valence-corrected chi connectivity index (χ0v) is 21.7. The number of benzene rings is 2. The molecule has 8 heteroatoms. The molecule has 3 aromatic rings. The van der Waals surface area contributed by atoms with Gasteiger partial charge in [-0.25, -0.2) is 9.59 Å². The molecular weight excluding hydrogens is 474 g/mol. The van der Waals surface area contributed by atoms with Crippen LogP contribution in [-0.4, -0.2) is 53.6 Å². The van der Waals surface area contributed by atoms with E-state index in [-0.39, 0.29) is 24.6 Å². The highest BCUT2D eigenvalue weighted by Crippen LogP contribution is 2.28. The zero-order valence-electron chi connectivity index (χ0n) is 21.7. The van der Waals surface area contributed by atoms with E-state index in [1.54, 1.807) is 45.9 Å². The topological polar surface area (TPSA) is 95.3 Å². The summed E-state index contributed by atoms with van der Waals surface area (Å²) in [6.07, 6.45) is -0.355. The lowest BCUT2D eigenvalue weighted by Crippen LogP contribution is -2.48. The van der Waals surface area contributed by atoms with Gasteiger partial charge in [-0.15, -0.1) is 0 Å². The summed E-state index contributed by atoms with van der Waals surface area (Å²) >= 11 is 0. The molecule has 2 atom stereocenters. The Labute approximate surface area is 216 Å². The smallest absolute Gasteiger partial charge is 0.410 e. The van der Waals surface area contributed by atoms with Gasteiger partial charge in [-0.2, -0.15) is 0 Å². The van der Waals surface area contributed by atoms with Gasteiger partial charge < -0.3 is 18.6 Å². The van der Waals surface area contributed by atoms with E-state index in [4.69, 9.17) is 18.6 Å². The number of likely N-dealkylation sites (tertiary alicyclic amines) is 1. The fourth-order valence-corrected chi connectivity index (χ4v) is 4.43. The first-order valence-electron chi connectivity index (χ1n) is 12.5. The molecule has 0 bridgehead atoms. The van der Waals surface area contributed by atoms with Gasteiger partial charge in [0.15, 0.2) is 5.78 Å². The molecule has 1 aliphatic rings. The van der Waals surface area contributed by atoms with E-state index < -0.39 is 29.8 Å². The molecule has 0 spiro atoms. The van der Waals surface area contributed by atoms with Crippen molar-refractivity contribution in [2.45, 2.75) is 64.9 Å². The summed E-state index contributed by atoms with van der Waals surface area (Å²) in [5, 5.41) is 0.695. The third-order valence-corrected chi connectivity index (χ3v) is 6.04. The molecule has 4 rings (SSSR count). The van der Waals surface area contributed by atoms with E-state index in [9.17, 15) is 14.4 Å². The number of hydrogen-bond donors (Lipinski definition) is 0. The summed E-state index contributed by atoms with van der Waals surface area (Å²) in [6, 6.07) is 15.9. The van der Waals surface area contributed by atoms with Gasteiger partial charge in [-0.1, -0.05) is 36.4 Å². The average Bonchev–Trinajstić information content (AvgIpc) is 3.47. The van der Waals surface area contributed by atoms with Crippen molar-refractivity contribution >= 4 is 28.8 Å². The van der Waals surface area contributed by atoms with Gasteiger partial charge in [0.1, 0.15) is 17.2 Å². The molecular formula is C29H33NO7. The van der Waals surface area contributed by atoms with Crippen LogP contribution in [-0.2, 0) is 32.0 Å². The lowest BCUT2D eigenvalue weighted by Gasteiger charge is -2.30. The number of nitrogens with zero attached hydrogens (tertiary/aromatic N) is 1. The molecule has 196 valence electrons. The first-order chi connectivity index (χ1) is 17.6. The van der Waals surface area contributed by atoms with Crippen LogP contribution in [0.1, 0.15) is 55.8 Å². The van der Waals surface area contributed by atoms with Crippen molar-refractivity contribution in [2.24, 2.45) is 0 Å². The third kappa shape index (κ3) is 6.57. The van der Waals surface area contributed by atoms with Gasteiger partial charge in [0.05, 0.1) is 19.3 Å². The van der Waals surface area contributed by atoms with Crippen LogP contribution in [0.15, 0.2) is 59.0 Å². The van der Waals surface area contributed by atoms with Gasteiger partial charge >= 0.3 is 12.1 Å². The van der Waals surface area contributed by atoms with Crippen molar-refractivity contribution in [1.29, 1.82) is 0 Å². The second-order valence-electron chi connectivity index (χ2n) is 10.1. The van der Waals surface area contributed by atoms with E-state index in [0.717, 1.165) is 11.1 Å². The van der Waals surface area contributed by atoms with Crippen molar-refractivity contribution in [3.63, 3.8) is 0 Å². The van der Waals surface area contributed by atoms with Crippen molar-refractivity contribution in [3.8, 4) is 0 Å². The minimum absolute atomic E-state index is 0.0883.